The van der Waals surface area contributed by atoms with E-state index >= 15 is 0 Å². The molecule has 0 bridgehead atoms. The molecule has 2 aromatic rings. The zero-order chi connectivity index (χ0) is 21.3. The van der Waals surface area contributed by atoms with Crippen LogP contribution in [0.25, 0.3) is 5.57 Å². The van der Waals surface area contributed by atoms with Crippen LogP contribution in [0.15, 0.2) is 42.1 Å². The first kappa shape index (κ1) is 20.7. The third-order valence-corrected chi connectivity index (χ3v) is 5.24. The van der Waals surface area contributed by atoms with Crippen molar-refractivity contribution in [3.8, 4) is 11.5 Å². The molecule has 1 aliphatic rings. The maximum atomic E-state index is 13.2. The molecule has 0 fully saturated rings. The van der Waals surface area contributed by atoms with Gasteiger partial charge in [0.25, 0.3) is 11.8 Å². The summed E-state index contributed by atoms with van der Waals surface area (Å²) in [6.45, 7) is 5.45. The fourth-order valence-corrected chi connectivity index (χ4v) is 3.44. The molecule has 0 unspecified atom stereocenters. The minimum Gasteiger partial charge on any atom is -0.493 e. The first-order valence-corrected chi connectivity index (χ1v) is 9.54. The quantitative estimate of drug-likeness (QED) is 0.715. The predicted octanol–water partition coefficient (Wildman–Crippen LogP) is 4.27. The fraction of sp³-hybridized carbons (Fsp3) is 0.273. The number of nitrogens with one attached hydrogen (secondary N) is 1. The molecular weight excluding hydrogens is 392 g/mol. The van der Waals surface area contributed by atoms with Crippen LogP contribution in [-0.4, -0.2) is 37.0 Å². The number of hydrogen-bond donors (Lipinski definition) is 1. The van der Waals surface area contributed by atoms with Gasteiger partial charge in [-0.05, 0) is 56.2 Å². The maximum absolute atomic E-state index is 13.2. The van der Waals surface area contributed by atoms with Crippen LogP contribution in [0.5, 0.6) is 11.5 Å². The monoisotopic (exact) mass is 414 g/mol. The smallest absolute Gasteiger partial charge is 0.278 e. The van der Waals surface area contributed by atoms with Gasteiger partial charge in [0, 0.05) is 16.8 Å². The molecule has 1 N–H and O–H groups in total. The van der Waals surface area contributed by atoms with Crippen LogP contribution in [-0.2, 0) is 9.59 Å². The van der Waals surface area contributed by atoms with Crippen LogP contribution in [0.4, 0.5) is 5.69 Å². The molecule has 1 aliphatic heterocycles. The summed E-state index contributed by atoms with van der Waals surface area (Å²) in [5.74, 6) is 0.266. The molecule has 7 heteroatoms. The summed E-state index contributed by atoms with van der Waals surface area (Å²) >= 11 is 6.22. The Bertz CT molecular complexity index is 1010. The molecule has 0 atom stereocenters. The van der Waals surface area contributed by atoms with Gasteiger partial charge in [0.15, 0.2) is 11.5 Å². The fourth-order valence-electron chi connectivity index (χ4n) is 3.27. The molecule has 0 saturated carbocycles. The van der Waals surface area contributed by atoms with Crippen LogP contribution in [0.1, 0.15) is 25.0 Å². The molecule has 3 rings (SSSR count). The van der Waals surface area contributed by atoms with Gasteiger partial charge in [0.2, 0.25) is 0 Å². The van der Waals surface area contributed by atoms with Gasteiger partial charge < -0.3 is 14.8 Å². The minimum atomic E-state index is -0.380. The number of amides is 2. The van der Waals surface area contributed by atoms with Gasteiger partial charge in [-0.25, -0.2) is 0 Å². The SMILES string of the molecule is COc1ccc(C2=C(Nc3cccc(Cl)c3C)C(=O)N(C(C)C)C2=O)cc1OC. The molecule has 29 heavy (non-hydrogen) atoms. The molecule has 6 nitrogen and oxygen atoms in total. The van der Waals surface area contributed by atoms with Crippen LogP contribution >= 0.6 is 11.6 Å². The number of methoxy groups -OCH3 is 2. The molecule has 2 amide bonds. The van der Waals surface area contributed by atoms with Gasteiger partial charge in [0.05, 0.1) is 19.8 Å². The van der Waals surface area contributed by atoms with Crippen molar-refractivity contribution in [1.82, 2.24) is 4.90 Å². The van der Waals surface area contributed by atoms with Gasteiger partial charge in [-0.3, -0.25) is 14.5 Å². The number of rotatable bonds is 6. The molecule has 0 aromatic heterocycles. The number of nitrogens with zero attached hydrogens (tertiary/aromatic N) is 1. The summed E-state index contributed by atoms with van der Waals surface area (Å²) in [4.78, 5) is 27.5. The highest BCUT2D eigenvalue weighted by Gasteiger charge is 2.41. The van der Waals surface area contributed by atoms with Crippen LogP contribution in [0.2, 0.25) is 5.02 Å². The number of carbonyl (C=O) groups is 2. The van der Waals surface area contributed by atoms with E-state index < -0.39 is 0 Å². The highest BCUT2D eigenvalue weighted by molar-refractivity contribution is 6.37. The van der Waals surface area contributed by atoms with Crippen molar-refractivity contribution in [3.05, 3.63) is 58.2 Å². The lowest BCUT2D eigenvalue weighted by Crippen LogP contribution is -2.38. The summed E-state index contributed by atoms with van der Waals surface area (Å²) in [5.41, 5.74) is 2.51. The van der Waals surface area contributed by atoms with Crippen molar-refractivity contribution >= 4 is 34.7 Å². The molecule has 0 spiro atoms. The summed E-state index contributed by atoms with van der Waals surface area (Å²) < 4.78 is 10.6. The molecule has 0 radical (unpaired) electrons. The summed E-state index contributed by atoms with van der Waals surface area (Å²) in [6, 6.07) is 10.2. The number of ether oxygens (including phenoxy) is 2. The van der Waals surface area contributed by atoms with Crippen molar-refractivity contribution in [2.45, 2.75) is 26.8 Å². The van der Waals surface area contributed by atoms with E-state index in [9.17, 15) is 9.59 Å². The third kappa shape index (κ3) is 3.68. The van der Waals surface area contributed by atoms with E-state index in [1.165, 1.54) is 19.1 Å². The van der Waals surface area contributed by atoms with Gasteiger partial charge in [-0.15, -0.1) is 0 Å². The second-order valence-corrected chi connectivity index (χ2v) is 7.34. The Labute approximate surface area is 175 Å². The Morgan fingerprint density at radius 1 is 1.00 bits per heavy atom. The first-order valence-electron chi connectivity index (χ1n) is 9.16. The van der Waals surface area contributed by atoms with Crippen LogP contribution in [0, 0.1) is 6.92 Å². The molecule has 2 aromatic carbocycles. The predicted molar refractivity (Wildman–Crippen MR) is 113 cm³/mol. The molecule has 0 aliphatic carbocycles. The Balaban J connectivity index is 2.17. The number of halogens is 1. The van der Waals surface area contributed by atoms with Gasteiger partial charge in [0.1, 0.15) is 5.70 Å². The Morgan fingerprint density at radius 3 is 2.31 bits per heavy atom. The zero-order valence-electron chi connectivity index (χ0n) is 17.0. The zero-order valence-corrected chi connectivity index (χ0v) is 17.8. The number of hydrogen-bond acceptors (Lipinski definition) is 5. The summed E-state index contributed by atoms with van der Waals surface area (Å²) in [6.07, 6.45) is 0. The lowest BCUT2D eigenvalue weighted by Gasteiger charge is -2.19. The Hall–Kier alpha value is -2.99. The highest BCUT2D eigenvalue weighted by Crippen LogP contribution is 2.37. The average Bonchev–Trinajstić information content (AvgIpc) is 2.94. The second-order valence-electron chi connectivity index (χ2n) is 6.93. The van der Waals surface area contributed by atoms with E-state index in [0.717, 1.165) is 5.56 Å². The largest absolute Gasteiger partial charge is 0.493 e. The van der Waals surface area contributed by atoms with Crippen LogP contribution < -0.4 is 14.8 Å². The standard InChI is InChI=1S/C22H23ClN2O4/c1-12(2)25-21(26)19(14-9-10-17(28-4)18(11-14)29-5)20(22(25)27)24-16-8-6-7-15(23)13(16)3/h6-12,24H,1-5H3. The summed E-state index contributed by atoms with van der Waals surface area (Å²) in [5, 5.41) is 3.71. The van der Waals surface area contributed by atoms with Gasteiger partial charge in [-0.2, -0.15) is 0 Å². The van der Waals surface area contributed by atoms with Crippen molar-refractivity contribution in [2.75, 3.05) is 19.5 Å². The Morgan fingerprint density at radius 2 is 1.69 bits per heavy atom. The van der Waals surface area contributed by atoms with E-state index in [1.54, 1.807) is 44.2 Å². The molecule has 0 saturated heterocycles. The molecular formula is C22H23ClN2O4. The maximum Gasteiger partial charge on any atom is 0.278 e. The Kier molecular flexibility index (Phi) is 5.84. The van der Waals surface area contributed by atoms with E-state index in [1.807, 2.05) is 13.0 Å². The summed E-state index contributed by atoms with van der Waals surface area (Å²) in [7, 11) is 3.06. The lowest BCUT2D eigenvalue weighted by atomic mass is 10.0. The third-order valence-electron chi connectivity index (χ3n) is 4.83. The number of benzene rings is 2. The second kappa shape index (κ2) is 8.17. The molecule has 1 heterocycles. The highest BCUT2D eigenvalue weighted by atomic mass is 35.5. The van der Waals surface area contributed by atoms with E-state index in [-0.39, 0.29) is 29.1 Å². The van der Waals surface area contributed by atoms with Crippen LogP contribution in [0.3, 0.4) is 0 Å². The van der Waals surface area contributed by atoms with E-state index in [4.69, 9.17) is 21.1 Å². The van der Waals surface area contributed by atoms with Gasteiger partial charge >= 0.3 is 0 Å². The topological polar surface area (TPSA) is 67.9 Å². The van der Waals surface area contributed by atoms with E-state index in [0.29, 0.717) is 27.8 Å². The molecule has 152 valence electrons. The van der Waals surface area contributed by atoms with Gasteiger partial charge in [-0.1, -0.05) is 23.7 Å². The number of carbonyl (C=O) groups excluding carboxylic acids is 2. The minimum absolute atomic E-state index is 0.210. The number of imide groups is 1. The van der Waals surface area contributed by atoms with E-state index in [2.05, 4.69) is 5.32 Å². The first-order chi connectivity index (χ1) is 13.8. The average molecular weight is 415 g/mol. The number of anilines is 1. The van der Waals surface area contributed by atoms with Crippen molar-refractivity contribution < 1.29 is 19.1 Å². The van der Waals surface area contributed by atoms with Crippen molar-refractivity contribution in [3.63, 3.8) is 0 Å². The lowest BCUT2D eigenvalue weighted by molar-refractivity contribution is -0.138. The van der Waals surface area contributed by atoms with Crippen molar-refractivity contribution in [1.29, 1.82) is 0 Å². The van der Waals surface area contributed by atoms with Crippen molar-refractivity contribution in [2.24, 2.45) is 0 Å². The normalized spacial score (nSPS) is 14.1.